The Labute approximate surface area is 124 Å². The van der Waals surface area contributed by atoms with E-state index in [2.05, 4.69) is 5.32 Å². The van der Waals surface area contributed by atoms with E-state index in [9.17, 15) is 17.6 Å². The normalized spacial score (nSPS) is 11.7. The van der Waals surface area contributed by atoms with Crippen LogP contribution in [0, 0.1) is 12.7 Å². The molecule has 0 fully saturated rings. The number of nitrogens with zero attached hydrogens (tertiary/aromatic N) is 1. The van der Waals surface area contributed by atoms with Crippen molar-refractivity contribution in [3.8, 4) is 0 Å². The topological polar surface area (TPSA) is 92.5 Å². The maximum atomic E-state index is 14.0. The third kappa shape index (κ3) is 3.92. The highest BCUT2D eigenvalue weighted by Crippen LogP contribution is 2.24. The number of rotatable bonds is 6. The first-order chi connectivity index (χ1) is 9.73. The van der Waals surface area contributed by atoms with Crippen LogP contribution in [0.15, 0.2) is 17.0 Å². The third-order valence-corrected chi connectivity index (χ3v) is 4.87. The molecule has 0 aliphatic heterocycles. The summed E-state index contributed by atoms with van der Waals surface area (Å²) >= 11 is 0. The van der Waals surface area contributed by atoms with Crippen molar-refractivity contribution in [3.05, 3.63) is 23.5 Å². The van der Waals surface area contributed by atoms with E-state index in [-0.39, 0.29) is 18.8 Å². The van der Waals surface area contributed by atoms with Crippen molar-refractivity contribution in [2.75, 3.05) is 25.9 Å². The van der Waals surface area contributed by atoms with E-state index in [4.69, 9.17) is 5.73 Å². The highest BCUT2D eigenvalue weighted by Gasteiger charge is 2.29. The summed E-state index contributed by atoms with van der Waals surface area (Å²) in [5, 5.41) is 2.35. The third-order valence-electron chi connectivity index (χ3n) is 3.01. The summed E-state index contributed by atoms with van der Waals surface area (Å²) in [5.74, 6) is -1.34. The van der Waals surface area contributed by atoms with Gasteiger partial charge in [0.15, 0.2) is 0 Å². The number of halogens is 1. The second kappa shape index (κ2) is 6.86. The van der Waals surface area contributed by atoms with Crippen LogP contribution < -0.4 is 11.1 Å². The number of nitrogens with two attached hydrogens (primary N) is 1. The van der Waals surface area contributed by atoms with E-state index in [0.717, 1.165) is 16.4 Å². The SMILES string of the molecule is CCCN(CC(=O)NC)S(=O)(=O)c1cc(N)c(C)cc1F. The van der Waals surface area contributed by atoms with Crippen LogP contribution in [0.1, 0.15) is 18.9 Å². The number of likely N-dealkylation sites (N-methyl/N-ethyl adjacent to an activating group) is 1. The number of carbonyl (C=O) groups excluding carboxylic acids is 1. The lowest BCUT2D eigenvalue weighted by Gasteiger charge is -2.21. The zero-order valence-electron chi connectivity index (χ0n) is 12.3. The van der Waals surface area contributed by atoms with Crippen LogP contribution >= 0.6 is 0 Å². The summed E-state index contributed by atoms with van der Waals surface area (Å²) in [4.78, 5) is 10.9. The van der Waals surface area contributed by atoms with Gasteiger partial charge in [-0.3, -0.25) is 4.79 Å². The average molecular weight is 317 g/mol. The van der Waals surface area contributed by atoms with Gasteiger partial charge in [-0.25, -0.2) is 12.8 Å². The molecule has 21 heavy (non-hydrogen) atoms. The molecule has 0 spiro atoms. The molecule has 3 N–H and O–H groups in total. The minimum absolute atomic E-state index is 0.114. The molecule has 0 saturated carbocycles. The van der Waals surface area contributed by atoms with Crippen molar-refractivity contribution in [3.63, 3.8) is 0 Å². The fourth-order valence-corrected chi connectivity index (χ4v) is 3.35. The molecule has 1 amide bonds. The number of amides is 1. The number of hydrogen-bond acceptors (Lipinski definition) is 4. The first-order valence-electron chi connectivity index (χ1n) is 6.50. The van der Waals surface area contributed by atoms with Gasteiger partial charge in [0.2, 0.25) is 15.9 Å². The molecule has 0 aliphatic carbocycles. The number of nitrogens with one attached hydrogen (secondary N) is 1. The molecule has 1 aromatic rings. The Kier molecular flexibility index (Phi) is 5.68. The summed E-state index contributed by atoms with van der Waals surface area (Å²) in [7, 11) is -2.71. The van der Waals surface area contributed by atoms with E-state index >= 15 is 0 Å². The van der Waals surface area contributed by atoms with Gasteiger partial charge in [0.25, 0.3) is 0 Å². The lowest BCUT2D eigenvalue weighted by molar-refractivity contribution is -0.120. The molecule has 118 valence electrons. The van der Waals surface area contributed by atoms with Crippen LogP contribution in [0.5, 0.6) is 0 Å². The van der Waals surface area contributed by atoms with Crippen LogP contribution in [0.3, 0.4) is 0 Å². The minimum Gasteiger partial charge on any atom is -0.398 e. The molecular formula is C13H20FN3O3S. The van der Waals surface area contributed by atoms with E-state index in [1.165, 1.54) is 7.05 Å². The lowest BCUT2D eigenvalue weighted by Crippen LogP contribution is -2.40. The molecule has 0 atom stereocenters. The summed E-state index contributed by atoms with van der Waals surface area (Å²) in [6.45, 7) is 3.11. The molecule has 0 aliphatic rings. The van der Waals surface area contributed by atoms with Crippen LogP contribution in [0.4, 0.5) is 10.1 Å². The maximum absolute atomic E-state index is 14.0. The Morgan fingerprint density at radius 1 is 1.43 bits per heavy atom. The van der Waals surface area contributed by atoms with Gasteiger partial charge >= 0.3 is 0 Å². The Balaban J connectivity index is 3.28. The average Bonchev–Trinajstić information content (AvgIpc) is 2.41. The second-order valence-electron chi connectivity index (χ2n) is 4.65. The first-order valence-corrected chi connectivity index (χ1v) is 7.94. The van der Waals surface area contributed by atoms with Crippen LogP contribution in [0.25, 0.3) is 0 Å². The summed E-state index contributed by atoms with van der Waals surface area (Å²) in [5.41, 5.74) is 6.30. The van der Waals surface area contributed by atoms with E-state index in [1.54, 1.807) is 13.8 Å². The van der Waals surface area contributed by atoms with Crippen molar-refractivity contribution in [1.82, 2.24) is 9.62 Å². The van der Waals surface area contributed by atoms with Crippen molar-refractivity contribution >= 4 is 21.6 Å². The number of aryl methyl sites for hydroxylation is 1. The molecule has 0 bridgehead atoms. The van der Waals surface area contributed by atoms with Gasteiger partial charge in [0.1, 0.15) is 10.7 Å². The number of carbonyl (C=O) groups is 1. The molecular weight excluding hydrogens is 297 g/mol. The molecule has 8 heteroatoms. The molecule has 0 aromatic heterocycles. The number of sulfonamides is 1. The largest absolute Gasteiger partial charge is 0.398 e. The van der Waals surface area contributed by atoms with Gasteiger partial charge in [-0.1, -0.05) is 6.92 Å². The molecule has 0 unspecified atom stereocenters. The van der Waals surface area contributed by atoms with Gasteiger partial charge in [-0.15, -0.1) is 0 Å². The Bertz CT molecular complexity index is 632. The van der Waals surface area contributed by atoms with Crippen molar-refractivity contribution < 1.29 is 17.6 Å². The van der Waals surface area contributed by atoms with Crippen molar-refractivity contribution in [2.24, 2.45) is 0 Å². The van der Waals surface area contributed by atoms with E-state index in [1.807, 2.05) is 0 Å². The molecule has 6 nitrogen and oxygen atoms in total. The Morgan fingerprint density at radius 2 is 2.05 bits per heavy atom. The minimum atomic E-state index is -4.12. The monoisotopic (exact) mass is 317 g/mol. The zero-order chi connectivity index (χ0) is 16.2. The van der Waals surface area contributed by atoms with Crippen LogP contribution in [-0.2, 0) is 14.8 Å². The summed E-state index contributed by atoms with van der Waals surface area (Å²) in [6, 6.07) is 2.17. The first kappa shape index (κ1) is 17.4. The van der Waals surface area contributed by atoms with Gasteiger partial charge in [-0.05, 0) is 31.0 Å². The smallest absolute Gasteiger partial charge is 0.246 e. The number of hydrogen-bond donors (Lipinski definition) is 2. The van der Waals surface area contributed by atoms with Crippen LogP contribution in [-0.4, -0.2) is 38.8 Å². The summed E-state index contributed by atoms with van der Waals surface area (Å²) in [6.07, 6.45) is 0.499. The summed E-state index contributed by atoms with van der Waals surface area (Å²) < 4.78 is 39.9. The predicted octanol–water partition coefficient (Wildman–Crippen LogP) is 0.863. The second-order valence-corrected chi connectivity index (χ2v) is 6.56. The van der Waals surface area contributed by atoms with Gasteiger partial charge in [0, 0.05) is 19.3 Å². The number of anilines is 1. The quantitative estimate of drug-likeness (QED) is 0.761. The van der Waals surface area contributed by atoms with E-state index in [0.29, 0.717) is 12.0 Å². The van der Waals surface area contributed by atoms with Crippen LogP contribution in [0.2, 0.25) is 0 Å². The van der Waals surface area contributed by atoms with Gasteiger partial charge in [0.05, 0.1) is 6.54 Å². The fourth-order valence-electron chi connectivity index (χ4n) is 1.78. The molecule has 0 saturated heterocycles. The molecule has 0 radical (unpaired) electrons. The molecule has 0 heterocycles. The van der Waals surface area contributed by atoms with Gasteiger partial charge in [-0.2, -0.15) is 4.31 Å². The molecule has 1 aromatic carbocycles. The Hall–Kier alpha value is -1.67. The number of benzene rings is 1. The highest BCUT2D eigenvalue weighted by atomic mass is 32.2. The highest BCUT2D eigenvalue weighted by molar-refractivity contribution is 7.89. The van der Waals surface area contributed by atoms with E-state index < -0.39 is 26.6 Å². The van der Waals surface area contributed by atoms with Gasteiger partial charge < -0.3 is 11.1 Å². The number of nitrogen functional groups attached to an aromatic ring is 1. The van der Waals surface area contributed by atoms with Crippen molar-refractivity contribution in [2.45, 2.75) is 25.2 Å². The predicted molar refractivity (Wildman–Crippen MR) is 78.7 cm³/mol. The Morgan fingerprint density at radius 3 is 2.57 bits per heavy atom. The van der Waals surface area contributed by atoms with Crippen molar-refractivity contribution in [1.29, 1.82) is 0 Å². The lowest BCUT2D eigenvalue weighted by atomic mass is 10.2. The molecule has 1 rings (SSSR count). The standard InChI is InChI=1S/C13H20FN3O3S/c1-4-5-17(8-13(18)16-3)21(19,20)12-7-11(15)9(2)6-10(12)14/h6-7H,4-5,8,15H2,1-3H3,(H,16,18). The maximum Gasteiger partial charge on any atom is 0.246 e. The zero-order valence-corrected chi connectivity index (χ0v) is 13.1. The fraction of sp³-hybridized carbons (Fsp3) is 0.462.